The SMILES string of the molecule is C=CCOC(=O)[C@H]1[C@@H]2SC3(CC2Br)C(C(=O)N(CC=C)c2cc(C)ccc2C)N([C@H](CO)c2ccccc2)C(=O)[C@H]13. The molecule has 0 saturated carbocycles. The number of hydrogen-bond acceptors (Lipinski definition) is 6. The predicted octanol–water partition coefficient (Wildman–Crippen LogP) is 4.75. The number of thioether (sulfide) groups is 1. The number of rotatable bonds is 10. The Morgan fingerprint density at radius 3 is 2.61 bits per heavy atom. The number of aliphatic hydroxyl groups excluding tert-OH is 1. The van der Waals surface area contributed by atoms with Gasteiger partial charge in [-0.3, -0.25) is 14.4 Å². The van der Waals surface area contributed by atoms with E-state index in [9.17, 15) is 19.5 Å². The summed E-state index contributed by atoms with van der Waals surface area (Å²) in [7, 11) is 0. The Kier molecular flexibility index (Phi) is 8.51. The number of hydrogen-bond donors (Lipinski definition) is 1. The Hall–Kier alpha value is -2.88. The Balaban J connectivity index is 1.67. The summed E-state index contributed by atoms with van der Waals surface area (Å²) in [6.07, 6.45) is 3.71. The van der Waals surface area contributed by atoms with E-state index in [0.29, 0.717) is 6.42 Å². The molecule has 0 aromatic heterocycles. The van der Waals surface area contributed by atoms with Gasteiger partial charge in [-0.2, -0.15) is 0 Å². The number of ether oxygens (including phenoxy) is 1. The van der Waals surface area contributed by atoms with Crippen LogP contribution in [0.15, 0.2) is 73.8 Å². The van der Waals surface area contributed by atoms with E-state index in [1.807, 2.05) is 62.4 Å². The van der Waals surface area contributed by atoms with Crippen LogP contribution in [0.1, 0.15) is 29.2 Å². The third kappa shape index (κ3) is 4.85. The third-order valence-electron chi connectivity index (χ3n) is 8.50. The van der Waals surface area contributed by atoms with Gasteiger partial charge in [0.1, 0.15) is 12.6 Å². The molecule has 0 radical (unpaired) electrons. The van der Waals surface area contributed by atoms with Crippen LogP contribution in [0.3, 0.4) is 0 Å². The highest BCUT2D eigenvalue weighted by atomic mass is 79.9. The topological polar surface area (TPSA) is 87.2 Å². The van der Waals surface area contributed by atoms with Crippen LogP contribution < -0.4 is 4.90 Å². The average Bonchev–Trinajstić information content (AvgIpc) is 3.56. The second-order valence-corrected chi connectivity index (χ2v) is 13.7. The Bertz CT molecular complexity index is 1370. The fraction of sp³-hybridized carbons (Fsp3) is 0.406. The maximum Gasteiger partial charge on any atom is 0.311 e. The van der Waals surface area contributed by atoms with Crippen molar-refractivity contribution < 1.29 is 24.2 Å². The van der Waals surface area contributed by atoms with Crippen molar-refractivity contribution in [1.82, 2.24) is 4.90 Å². The van der Waals surface area contributed by atoms with Crippen molar-refractivity contribution in [1.29, 1.82) is 0 Å². The number of halogens is 1. The van der Waals surface area contributed by atoms with Crippen molar-refractivity contribution in [3.05, 3.63) is 90.5 Å². The molecule has 1 spiro atoms. The Labute approximate surface area is 253 Å². The van der Waals surface area contributed by atoms with Crippen LogP contribution in [-0.2, 0) is 19.1 Å². The number of alkyl halides is 1. The van der Waals surface area contributed by atoms with Gasteiger partial charge in [0, 0.05) is 22.3 Å². The highest BCUT2D eigenvalue weighted by Crippen LogP contribution is 2.68. The molecular formula is C32H35BrN2O5S. The molecule has 41 heavy (non-hydrogen) atoms. The van der Waals surface area contributed by atoms with Gasteiger partial charge in [-0.25, -0.2) is 0 Å². The zero-order chi connectivity index (χ0) is 29.5. The Morgan fingerprint density at radius 2 is 1.95 bits per heavy atom. The molecule has 0 aliphatic carbocycles. The van der Waals surface area contributed by atoms with Crippen molar-refractivity contribution in [3.63, 3.8) is 0 Å². The summed E-state index contributed by atoms with van der Waals surface area (Å²) in [4.78, 5) is 46.1. The normalized spacial score (nSPS) is 28.7. The maximum atomic E-state index is 14.9. The summed E-state index contributed by atoms with van der Waals surface area (Å²) in [5, 5.41) is 10.5. The van der Waals surface area contributed by atoms with Crippen LogP contribution in [0.5, 0.6) is 0 Å². The van der Waals surface area contributed by atoms with Crippen molar-refractivity contribution >= 4 is 51.2 Å². The molecule has 5 rings (SSSR count). The molecule has 2 aromatic carbocycles. The van der Waals surface area contributed by atoms with Gasteiger partial charge in [-0.05, 0) is 43.0 Å². The summed E-state index contributed by atoms with van der Waals surface area (Å²) in [5.74, 6) is -2.51. The van der Waals surface area contributed by atoms with E-state index in [-0.39, 0.29) is 41.6 Å². The summed E-state index contributed by atoms with van der Waals surface area (Å²) in [5.41, 5.74) is 3.39. The number of amides is 2. The lowest BCUT2D eigenvalue weighted by Crippen LogP contribution is -2.56. The van der Waals surface area contributed by atoms with E-state index in [0.717, 1.165) is 22.4 Å². The monoisotopic (exact) mass is 638 g/mol. The van der Waals surface area contributed by atoms with Crippen molar-refractivity contribution in [3.8, 4) is 0 Å². The first-order valence-corrected chi connectivity index (χ1v) is 15.6. The van der Waals surface area contributed by atoms with Gasteiger partial charge in [0.2, 0.25) is 5.91 Å². The molecule has 3 heterocycles. The summed E-state index contributed by atoms with van der Waals surface area (Å²) >= 11 is 5.33. The zero-order valence-electron chi connectivity index (χ0n) is 23.2. The first-order valence-electron chi connectivity index (χ1n) is 13.8. The summed E-state index contributed by atoms with van der Waals surface area (Å²) in [6, 6.07) is 13.5. The van der Waals surface area contributed by atoms with Gasteiger partial charge in [0.25, 0.3) is 5.91 Å². The van der Waals surface area contributed by atoms with Crippen LogP contribution >= 0.6 is 27.7 Å². The molecule has 3 unspecified atom stereocenters. The van der Waals surface area contributed by atoms with Crippen LogP contribution in [0.4, 0.5) is 5.69 Å². The van der Waals surface area contributed by atoms with Gasteiger partial charge in [-0.15, -0.1) is 18.3 Å². The second kappa shape index (κ2) is 11.8. The van der Waals surface area contributed by atoms with E-state index in [4.69, 9.17) is 4.74 Å². The number of anilines is 1. The number of aliphatic hydroxyl groups is 1. The molecule has 2 aromatic rings. The Morgan fingerprint density at radius 1 is 1.22 bits per heavy atom. The smallest absolute Gasteiger partial charge is 0.311 e. The van der Waals surface area contributed by atoms with E-state index >= 15 is 0 Å². The molecular weight excluding hydrogens is 604 g/mol. The molecule has 3 aliphatic rings. The first kappa shape index (κ1) is 29.6. The van der Waals surface area contributed by atoms with Crippen LogP contribution in [0, 0.1) is 25.7 Å². The number of esters is 1. The van der Waals surface area contributed by atoms with E-state index in [2.05, 4.69) is 29.1 Å². The molecule has 2 amide bonds. The molecule has 2 bridgehead atoms. The second-order valence-electron chi connectivity index (χ2n) is 11.0. The van der Waals surface area contributed by atoms with Crippen LogP contribution in [-0.4, -0.2) is 68.4 Å². The molecule has 1 N–H and O–H groups in total. The minimum atomic E-state index is -0.926. The molecule has 3 aliphatic heterocycles. The van der Waals surface area contributed by atoms with Crippen LogP contribution in [0.2, 0.25) is 0 Å². The number of carbonyl (C=O) groups is 3. The van der Waals surface area contributed by atoms with Crippen molar-refractivity contribution in [2.75, 3.05) is 24.7 Å². The van der Waals surface area contributed by atoms with E-state index in [1.165, 1.54) is 6.08 Å². The summed E-state index contributed by atoms with van der Waals surface area (Å²) < 4.78 is 4.61. The zero-order valence-corrected chi connectivity index (χ0v) is 25.6. The standard InChI is InChI=1S/C32H35BrN2O5S/c1-5-14-34(23-16-19(3)12-13-20(23)4)30(38)28-32-17-22(33)27(41-32)25(31(39)40-15-6-2)26(32)29(37)35(28)24(18-36)21-10-8-7-9-11-21/h5-13,16,22,24-28,36H,1-2,14-15,17-18H2,3-4H3/t22?,24-,25-,26+,27-,28?,32?/m1/s1. The number of nitrogens with zero attached hydrogens (tertiary/aromatic N) is 2. The van der Waals surface area contributed by atoms with Gasteiger partial charge < -0.3 is 19.6 Å². The molecule has 7 nitrogen and oxygen atoms in total. The quantitative estimate of drug-likeness (QED) is 0.230. The van der Waals surface area contributed by atoms with Gasteiger partial charge in [-0.1, -0.05) is 77.1 Å². The van der Waals surface area contributed by atoms with E-state index < -0.39 is 34.6 Å². The minimum Gasteiger partial charge on any atom is -0.461 e. The molecule has 216 valence electrons. The number of carbonyl (C=O) groups excluding carboxylic acids is 3. The average molecular weight is 640 g/mol. The number of likely N-dealkylation sites (tertiary alicyclic amines) is 1. The van der Waals surface area contributed by atoms with Gasteiger partial charge in [0.15, 0.2) is 0 Å². The fourth-order valence-corrected chi connectivity index (χ4v) is 10.4. The highest BCUT2D eigenvalue weighted by Gasteiger charge is 2.76. The molecule has 3 saturated heterocycles. The van der Waals surface area contributed by atoms with E-state index in [1.54, 1.807) is 27.6 Å². The maximum absolute atomic E-state index is 14.9. The molecule has 7 atom stereocenters. The predicted molar refractivity (Wildman–Crippen MR) is 165 cm³/mol. The molecule has 3 fully saturated rings. The van der Waals surface area contributed by atoms with Gasteiger partial charge >= 0.3 is 5.97 Å². The lowest BCUT2D eigenvalue weighted by molar-refractivity contribution is -0.153. The minimum absolute atomic E-state index is 0.0443. The van der Waals surface area contributed by atoms with Crippen molar-refractivity contribution in [2.45, 2.75) is 47.2 Å². The number of aryl methyl sites for hydroxylation is 2. The highest BCUT2D eigenvalue weighted by molar-refractivity contribution is 9.09. The third-order valence-corrected chi connectivity index (χ3v) is 11.7. The first-order chi connectivity index (χ1) is 19.7. The van der Waals surface area contributed by atoms with Crippen LogP contribution in [0.25, 0.3) is 0 Å². The number of fused-ring (bicyclic) bond motifs is 1. The van der Waals surface area contributed by atoms with Gasteiger partial charge in [0.05, 0.1) is 29.2 Å². The fourth-order valence-electron chi connectivity index (χ4n) is 6.81. The summed E-state index contributed by atoms with van der Waals surface area (Å²) in [6.45, 7) is 11.4. The van der Waals surface area contributed by atoms with Crippen molar-refractivity contribution in [2.24, 2.45) is 11.8 Å². The lowest BCUT2D eigenvalue weighted by atomic mass is 9.71. The lowest BCUT2D eigenvalue weighted by Gasteiger charge is -2.40. The molecule has 9 heteroatoms. The largest absolute Gasteiger partial charge is 0.461 e. The number of benzene rings is 2.